The summed E-state index contributed by atoms with van der Waals surface area (Å²) in [5.41, 5.74) is -0.373. The molecule has 4 heteroatoms. The van der Waals surface area contributed by atoms with Crippen LogP contribution in [-0.2, 0) is 4.79 Å². The molecule has 0 fully saturated rings. The van der Waals surface area contributed by atoms with E-state index in [1.54, 1.807) is 11.9 Å². The number of ether oxygens (including phenoxy) is 2. The van der Waals surface area contributed by atoms with Gasteiger partial charge < -0.3 is 14.4 Å². The largest absolute Gasteiger partial charge is 0.486 e. The normalized spacial score (nSPS) is 18.0. The van der Waals surface area contributed by atoms with E-state index in [1.807, 2.05) is 45.0 Å². The maximum absolute atomic E-state index is 12.1. The van der Waals surface area contributed by atoms with Crippen molar-refractivity contribution in [3.05, 3.63) is 24.3 Å². The molecule has 0 spiro atoms. The van der Waals surface area contributed by atoms with Crippen molar-refractivity contribution in [1.29, 1.82) is 0 Å². The van der Waals surface area contributed by atoms with Crippen LogP contribution in [0.2, 0.25) is 0 Å². The summed E-state index contributed by atoms with van der Waals surface area (Å²) in [6, 6.07) is 7.59. The van der Waals surface area contributed by atoms with Gasteiger partial charge in [-0.2, -0.15) is 0 Å². The molecular weight excluding hydrogens is 242 g/mol. The molecule has 0 saturated heterocycles. The van der Waals surface area contributed by atoms with Crippen molar-refractivity contribution in [2.75, 3.05) is 20.2 Å². The fourth-order valence-corrected chi connectivity index (χ4v) is 2.11. The van der Waals surface area contributed by atoms with Gasteiger partial charge in [0.2, 0.25) is 5.91 Å². The van der Waals surface area contributed by atoms with Gasteiger partial charge in [-0.25, -0.2) is 0 Å². The Morgan fingerprint density at radius 1 is 1.32 bits per heavy atom. The van der Waals surface area contributed by atoms with Crippen LogP contribution in [-0.4, -0.2) is 37.1 Å². The highest BCUT2D eigenvalue weighted by atomic mass is 16.6. The number of carbonyl (C=O) groups excluding carboxylic acids is 1. The molecule has 0 N–H and O–H groups in total. The van der Waals surface area contributed by atoms with E-state index in [1.165, 1.54) is 0 Å². The Morgan fingerprint density at radius 3 is 2.58 bits per heavy atom. The molecule has 1 unspecified atom stereocenters. The lowest BCUT2D eigenvalue weighted by Gasteiger charge is -2.32. The third kappa shape index (κ3) is 3.19. The van der Waals surface area contributed by atoms with E-state index in [0.717, 1.165) is 11.5 Å². The van der Waals surface area contributed by atoms with Crippen molar-refractivity contribution < 1.29 is 14.3 Å². The Balaban J connectivity index is 1.97. The van der Waals surface area contributed by atoms with Gasteiger partial charge >= 0.3 is 0 Å². The van der Waals surface area contributed by atoms with Crippen LogP contribution in [0.5, 0.6) is 11.5 Å². The second-order valence-corrected chi connectivity index (χ2v) is 5.93. The van der Waals surface area contributed by atoms with Gasteiger partial charge in [0, 0.05) is 12.5 Å². The predicted molar refractivity (Wildman–Crippen MR) is 73.4 cm³/mol. The Labute approximate surface area is 114 Å². The molecule has 1 amide bonds. The highest BCUT2D eigenvalue weighted by Gasteiger charge is 2.29. The molecule has 1 aromatic carbocycles. The topological polar surface area (TPSA) is 38.8 Å². The number of nitrogens with zero attached hydrogens (tertiary/aromatic N) is 1. The molecule has 0 bridgehead atoms. The first-order valence-corrected chi connectivity index (χ1v) is 6.52. The summed E-state index contributed by atoms with van der Waals surface area (Å²) in [5, 5.41) is 0. The van der Waals surface area contributed by atoms with Crippen LogP contribution in [0.1, 0.15) is 20.8 Å². The molecule has 104 valence electrons. The molecule has 0 saturated carbocycles. The zero-order valence-electron chi connectivity index (χ0n) is 12.0. The first-order chi connectivity index (χ1) is 8.88. The summed E-state index contributed by atoms with van der Waals surface area (Å²) in [6.45, 7) is 6.75. The van der Waals surface area contributed by atoms with Gasteiger partial charge in [0.15, 0.2) is 17.6 Å². The molecule has 0 radical (unpaired) electrons. The lowest BCUT2D eigenvalue weighted by Crippen LogP contribution is -2.45. The first-order valence-electron chi connectivity index (χ1n) is 6.52. The van der Waals surface area contributed by atoms with Crippen molar-refractivity contribution in [2.45, 2.75) is 26.9 Å². The van der Waals surface area contributed by atoms with Crippen molar-refractivity contribution >= 4 is 5.91 Å². The van der Waals surface area contributed by atoms with Crippen LogP contribution in [0.15, 0.2) is 24.3 Å². The van der Waals surface area contributed by atoms with Gasteiger partial charge in [-0.1, -0.05) is 32.9 Å². The SMILES string of the molecule is CN(CC1COc2ccccc2O1)C(=O)C(C)(C)C. The first kappa shape index (κ1) is 13.7. The summed E-state index contributed by atoms with van der Waals surface area (Å²) >= 11 is 0. The highest BCUT2D eigenvalue weighted by Crippen LogP contribution is 2.31. The van der Waals surface area contributed by atoms with Crippen LogP contribution < -0.4 is 9.47 Å². The molecule has 1 aliphatic rings. The zero-order chi connectivity index (χ0) is 14.0. The molecule has 19 heavy (non-hydrogen) atoms. The molecule has 1 atom stereocenters. The highest BCUT2D eigenvalue weighted by molar-refractivity contribution is 5.81. The number of hydrogen-bond donors (Lipinski definition) is 0. The Hall–Kier alpha value is -1.71. The van der Waals surface area contributed by atoms with Crippen LogP contribution in [0, 0.1) is 5.41 Å². The van der Waals surface area contributed by atoms with Gasteiger partial charge in [-0.05, 0) is 12.1 Å². The number of rotatable bonds is 2. The van der Waals surface area contributed by atoms with Crippen molar-refractivity contribution in [3.8, 4) is 11.5 Å². The fraction of sp³-hybridized carbons (Fsp3) is 0.533. The molecule has 4 nitrogen and oxygen atoms in total. The summed E-state index contributed by atoms with van der Waals surface area (Å²) < 4.78 is 11.5. The quantitative estimate of drug-likeness (QED) is 0.822. The van der Waals surface area contributed by atoms with E-state index in [4.69, 9.17) is 9.47 Å². The molecule has 1 heterocycles. The van der Waals surface area contributed by atoms with Crippen LogP contribution in [0.3, 0.4) is 0 Å². The van der Waals surface area contributed by atoms with Crippen molar-refractivity contribution in [1.82, 2.24) is 4.90 Å². The average molecular weight is 263 g/mol. The summed E-state index contributed by atoms with van der Waals surface area (Å²) in [4.78, 5) is 13.8. The Kier molecular flexibility index (Phi) is 3.69. The summed E-state index contributed by atoms with van der Waals surface area (Å²) in [6.07, 6.45) is -0.119. The minimum atomic E-state index is -0.373. The van der Waals surface area contributed by atoms with Gasteiger partial charge in [0.05, 0.1) is 6.54 Å². The minimum absolute atomic E-state index is 0.106. The summed E-state index contributed by atoms with van der Waals surface area (Å²) in [5.74, 6) is 1.62. The number of fused-ring (bicyclic) bond motifs is 1. The number of para-hydroxylation sites is 2. The third-order valence-corrected chi connectivity index (χ3v) is 3.03. The molecule has 1 aliphatic heterocycles. The van der Waals surface area contributed by atoms with Gasteiger partial charge in [0.1, 0.15) is 6.61 Å². The number of hydrogen-bond acceptors (Lipinski definition) is 3. The van der Waals surface area contributed by atoms with E-state index in [2.05, 4.69) is 0 Å². The summed E-state index contributed by atoms with van der Waals surface area (Å²) in [7, 11) is 1.80. The molecule has 0 aromatic heterocycles. The molecule has 1 aromatic rings. The standard InChI is InChI=1S/C15H21NO3/c1-15(2,3)14(17)16(4)9-11-10-18-12-7-5-6-8-13(12)19-11/h5-8,11H,9-10H2,1-4H3. The monoisotopic (exact) mass is 263 g/mol. The predicted octanol–water partition coefficient (Wildman–Crippen LogP) is 2.33. The van der Waals surface area contributed by atoms with E-state index in [-0.39, 0.29) is 17.4 Å². The maximum atomic E-state index is 12.1. The van der Waals surface area contributed by atoms with E-state index >= 15 is 0 Å². The number of likely N-dealkylation sites (N-methyl/N-ethyl adjacent to an activating group) is 1. The lowest BCUT2D eigenvalue weighted by atomic mass is 9.95. The lowest BCUT2D eigenvalue weighted by molar-refractivity contribution is -0.139. The van der Waals surface area contributed by atoms with Gasteiger partial charge in [-0.15, -0.1) is 0 Å². The third-order valence-electron chi connectivity index (χ3n) is 3.03. The Morgan fingerprint density at radius 2 is 1.95 bits per heavy atom. The fourth-order valence-electron chi connectivity index (χ4n) is 2.11. The number of benzene rings is 1. The van der Waals surface area contributed by atoms with E-state index in [9.17, 15) is 4.79 Å². The van der Waals surface area contributed by atoms with Crippen LogP contribution in [0.25, 0.3) is 0 Å². The van der Waals surface area contributed by atoms with Gasteiger partial charge in [0.25, 0.3) is 0 Å². The second kappa shape index (κ2) is 5.11. The van der Waals surface area contributed by atoms with Crippen LogP contribution in [0.4, 0.5) is 0 Å². The smallest absolute Gasteiger partial charge is 0.227 e. The average Bonchev–Trinajstić information content (AvgIpc) is 2.36. The molecule has 0 aliphatic carbocycles. The van der Waals surface area contributed by atoms with Crippen molar-refractivity contribution in [2.24, 2.45) is 5.41 Å². The van der Waals surface area contributed by atoms with Gasteiger partial charge in [-0.3, -0.25) is 4.79 Å². The zero-order valence-corrected chi connectivity index (χ0v) is 12.0. The molecule has 2 rings (SSSR count). The maximum Gasteiger partial charge on any atom is 0.227 e. The van der Waals surface area contributed by atoms with Crippen LogP contribution >= 0.6 is 0 Å². The minimum Gasteiger partial charge on any atom is -0.486 e. The van der Waals surface area contributed by atoms with E-state index < -0.39 is 0 Å². The number of carbonyl (C=O) groups is 1. The van der Waals surface area contributed by atoms with Crippen molar-refractivity contribution in [3.63, 3.8) is 0 Å². The molecular formula is C15H21NO3. The van der Waals surface area contributed by atoms with E-state index in [0.29, 0.717) is 13.2 Å². The Bertz CT molecular complexity index is 465. The number of amides is 1. The second-order valence-electron chi connectivity index (χ2n) is 5.93.